The lowest BCUT2D eigenvalue weighted by Crippen LogP contribution is -2.38. The van der Waals surface area contributed by atoms with Crippen molar-refractivity contribution in [2.45, 2.75) is 20.4 Å². The zero-order chi connectivity index (χ0) is 12.2. The summed E-state index contributed by atoms with van der Waals surface area (Å²) < 4.78 is 0. The van der Waals surface area contributed by atoms with Crippen molar-refractivity contribution in [3.8, 4) is 0 Å². The van der Waals surface area contributed by atoms with Crippen LogP contribution >= 0.6 is 11.6 Å². The quantitative estimate of drug-likeness (QED) is 0.847. The molecule has 1 rings (SSSR count). The van der Waals surface area contributed by atoms with E-state index in [9.17, 15) is 4.79 Å². The number of aliphatic hydroxyl groups excluding tert-OH is 1. The summed E-state index contributed by atoms with van der Waals surface area (Å²) in [6, 6.07) is 7.27. The van der Waals surface area contributed by atoms with E-state index in [1.165, 1.54) is 0 Å². The standard InChI is InChI=1S/C12H16ClNO2/c1-12(2,8-15)11(16)14-7-9-3-5-10(13)6-4-9/h3-6,15H,7-8H2,1-2H3,(H,14,16). The average Bonchev–Trinajstić information content (AvgIpc) is 2.28. The van der Waals surface area contributed by atoms with E-state index in [2.05, 4.69) is 5.32 Å². The molecule has 88 valence electrons. The van der Waals surface area contributed by atoms with Gasteiger partial charge in [0.15, 0.2) is 0 Å². The third-order valence-electron chi connectivity index (χ3n) is 2.38. The molecular weight excluding hydrogens is 226 g/mol. The lowest BCUT2D eigenvalue weighted by molar-refractivity contribution is -0.131. The van der Waals surface area contributed by atoms with Crippen molar-refractivity contribution in [1.29, 1.82) is 0 Å². The maximum atomic E-state index is 11.6. The topological polar surface area (TPSA) is 49.3 Å². The molecule has 0 aromatic heterocycles. The van der Waals surface area contributed by atoms with E-state index in [4.69, 9.17) is 16.7 Å². The molecule has 16 heavy (non-hydrogen) atoms. The van der Waals surface area contributed by atoms with Gasteiger partial charge in [0.2, 0.25) is 5.91 Å². The Kier molecular flexibility index (Phi) is 4.33. The first-order chi connectivity index (χ1) is 7.45. The normalized spacial score (nSPS) is 11.2. The Bertz CT molecular complexity index is 360. The Labute approximate surface area is 100 Å². The van der Waals surface area contributed by atoms with Gasteiger partial charge in [-0.05, 0) is 31.5 Å². The number of halogens is 1. The molecule has 0 aliphatic heterocycles. The van der Waals surface area contributed by atoms with Crippen molar-refractivity contribution in [3.05, 3.63) is 34.9 Å². The zero-order valence-electron chi connectivity index (χ0n) is 9.46. The minimum absolute atomic E-state index is 0.162. The van der Waals surface area contributed by atoms with Crippen LogP contribution in [0.3, 0.4) is 0 Å². The molecule has 0 atom stereocenters. The van der Waals surface area contributed by atoms with Gasteiger partial charge in [0, 0.05) is 11.6 Å². The van der Waals surface area contributed by atoms with Crippen LogP contribution in [0.25, 0.3) is 0 Å². The van der Waals surface area contributed by atoms with Gasteiger partial charge in [-0.25, -0.2) is 0 Å². The van der Waals surface area contributed by atoms with Crippen LogP contribution in [0.1, 0.15) is 19.4 Å². The second kappa shape index (κ2) is 5.32. The Morgan fingerprint density at radius 1 is 1.38 bits per heavy atom. The van der Waals surface area contributed by atoms with Crippen molar-refractivity contribution in [2.75, 3.05) is 6.61 Å². The highest BCUT2D eigenvalue weighted by Gasteiger charge is 2.25. The number of amides is 1. The number of hydrogen-bond donors (Lipinski definition) is 2. The Balaban J connectivity index is 2.52. The van der Waals surface area contributed by atoms with Crippen molar-refractivity contribution >= 4 is 17.5 Å². The third kappa shape index (κ3) is 3.51. The molecule has 0 saturated carbocycles. The Hall–Kier alpha value is -1.06. The smallest absolute Gasteiger partial charge is 0.228 e. The number of rotatable bonds is 4. The lowest BCUT2D eigenvalue weighted by atomic mass is 9.94. The van der Waals surface area contributed by atoms with Crippen LogP contribution < -0.4 is 5.32 Å². The minimum atomic E-state index is -0.744. The molecular formula is C12H16ClNO2. The molecule has 0 spiro atoms. The number of carbonyl (C=O) groups is 1. The van der Waals surface area contributed by atoms with Crippen molar-refractivity contribution < 1.29 is 9.90 Å². The van der Waals surface area contributed by atoms with Crippen LogP contribution in [-0.4, -0.2) is 17.6 Å². The van der Waals surface area contributed by atoms with Crippen LogP contribution in [0.15, 0.2) is 24.3 Å². The summed E-state index contributed by atoms with van der Waals surface area (Å²) in [5, 5.41) is 12.5. The fraction of sp³-hybridized carbons (Fsp3) is 0.417. The predicted molar refractivity (Wildman–Crippen MR) is 64.2 cm³/mol. The maximum absolute atomic E-state index is 11.6. The van der Waals surface area contributed by atoms with Gasteiger partial charge in [-0.15, -0.1) is 0 Å². The molecule has 3 nitrogen and oxygen atoms in total. The van der Waals surface area contributed by atoms with E-state index < -0.39 is 5.41 Å². The fourth-order valence-electron chi connectivity index (χ4n) is 1.10. The van der Waals surface area contributed by atoms with Gasteiger partial charge in [0.1, 0.15) is 0 Å². The van der Waals surface area contributed by atoms with Crippen molar-refractivity contribution in [2.24, 2.45) is 5.41 Å². The van der Waals surface area contributed by atoms with Gasteiger partial charge in [-0.2, -0.15) is 0 Å². The van der Waals surface area contributed by atoms with Crippen molar-refractivity contribution in [3.63, 3.8) is 0 Å². The second-order valence-corrected chi connectivity index (χ2v) is 4.79. The van der Waals surface area contributed by atoms with E-state index in [1.54, 1.807) is 26.0 Å². The van der Waals surface area contributed by atoms with Crippen LogP contribution in [0, 0.1) is 5.41 Å². The summed E-state index contributed by atoms with van der Waals surface area (Å²) in [5.74, 6) is -0.162. The number of hydrogen-bond acceptors (Lipinski definition) is 2. The Morgan fingerprint density at radius 3 is 2.44 bits per heavy atom. The highest BCUT2D eigenvalue weighted by Crippen LogP contribution is 2.14. The average molecular weight is 242 g/mol. The van der Waals surface area contributed by atoms with Gasteiger partial charge in [0.25, 0.3) is 0 Å². The third-order valence-corrected chi connectivity index (χ3v) is 2.63. The Morgan fingerprint density at radius 2 is 1.94 bits per heavy atom. The second-order valence-electron chi connectivity index (χ2n) is 4.35. The maximum Gasteiger partial charge on any atom is 0.228 e. The van der Waals surface area contributed by atoms with Crippen LogP contribution in [0.5, 0.6) is 0 Å². The van der Waals surface area contributed by atoms with E-state index >= 15 is 0 Å². The van der Waals surface area contributed by atoms with Gasteiger partial charge in [0.05, 0.1) is 12.0 Å². The van der Waals surface area contributed by atoms with Crippen LogP contribution in [0.4, 0.5) is 0 Å². The van der Waals surface area contributed by atoms with Gasteiger partial charge < -0.3 is 10.4 Å². The zero-order valence-corrected chi connectivity index (χ0v) is 10.2. The summed E-state index contributed by atoms with van der Waals surface area (Å²) in [6.45, 7) is 3.67. The summed E-state index contributed by atoms with van der Waals surface area (Å²) in [6.07, 6.45) is 0. The van der Waals surface area contributed by atoms with E-state index in [0.29, 0.717) is 11.6 Å². The molecule has 0 unspecified atom stereocenters. The van der Waals surface area contributed by atoms with E-state index in [0.717, 1.165) is 5.56 Å². The van der Waals surface area contributed by atoms with Gasteiger partial charge in [-0.3, -0.25) is 4.79 Å². The SMILES string of the molecule is CC(C)(CO)C(=O)NCc1ccc(Cl)cc1. The first-order valence-corrected chi connectivity index (χ1v) is 5.47. The summed E-state index contributed by atoms with van der Waals surface area (Å²) in [5.41, 5.74) is 0.235. The fourth-order valence-corrected chi connectivity index (χ4v) is 1.22. The lowest BCUT2D eigenvalue weighted by Gasteiger charge is -2.20. The molecule has 4 heteroatoms. The molecule has 0 aliphatic rings. The van der Waals surface area contributed by atoms with E-state index in [-0.39, 0.29) is 12.5 Å². The molecule has 0 bridgehead atoms. The number of aliphatic hydroxyl groups is 1. The highest BCUT2D eigenvalue weighted by atomic mass is 35.5. The number of carbonyl (C=O) groups excluding carboxylic acids is 1. The molecule has 2 N–H and O–H groups in total. The summed E-state index contributed by atoms with van der Waals surface area (Å²) in [4.78, 5) is 11.6. The first-order valence-electron chi connectivity index (χ1n) is 5.09. The van der Waals surface area contributed by atoms with Crippen LogP contribution in [0.2, 0.25) is 5.02 Å². The summed E-state index contributed by atoms with van der Waals surface area (Å²) >= 11 is 5.75. The largest absolute Gasteiger partial charge is 0.395 e. The molecule has 0 fully saturated rings. The number of benzene rings is 1. The molecule has 0 aliphatic carbocycles. The van der Waals surface area contributed by atoms with Crippen LogP contribution in [-0.2, 0) is 11.3 Å². The van der Waals surface area contributed by atoms with E-state index in [1.807, 2.05) is 12.1 Å². The molecule has 1 aromatic rings. The first kappa shape index (κ1) is 13.0. The molecule has 1 aromatic carbocycles. The molecule has 0 radical (unpaired) electrons. The predicted octanol–water partition coefficient (Wildman–Crippen LogP) is 1.97. The molecule has 1 amide bonds. The molecule has 0 heterocycles. The number of nitrogens with one attached hydrogen (secondary N) is 1. The monoisotopic (exact) mass is 241 g/mol. The molecule has 0 saturated heterocycles. The van der Waals surface area contributed by atoms with Gasteiger partial charge >= 0.3 is 0 Å². The van der Waals surface area contributed by atoms with Gasteiger partial charge in [-0.1, -0.05) is 23.7 Å². The highest BCUT2D eigenvalue weighted by molar-refractivity contribution is 6.30. The minimum Gasteiger partial charge on any atom is -0.395 e. The van der Waals surface area contributed by atoms with Crippen molar-refractivity contribution in [1.82, 2.24) is 5.32 Å². The summed E-state index contributed by atoms with van der Waals surface area (Å²) in [7, 11) is 0.